The Morgan fingerprint density at radius 3 is 2.67 bits per heavy atom. The number of carbonyl (C=O) groups is 1. The molecule has 0 saturated heterocycles. The van der Waals surface area contributed by atoms with Gasteiger partial charge in [-0.05, 0) is 25.8 Å². The van der Waals surface area contributed by atoms with E-state index in [9.17, 15) is 4.79 Å². The molecule has 0 bridgehead atoms. The van der Waals surface area contributed by atoms with Gasteiger partial charge in [0.2, 0.25) is 0 Å². The van der Waals surface area contributed by atoms with Crippen molar-refractivity contribution < 1.29 is 9.90 Å². The molecule has 1 aliphatic rings. The van der Waals surface area contributed by atoms with Crippen LogP contribution in [0.25, 0.3) is 0 Å². The van der Waals surface area contributed by atoms with Gasteiger partial charge in [-0.3, -0.25) is 4.79 Å². The monoisotopic (exact) mass is 171 g/mol. The summed E-state index contributed by atoms with van der Waals surface area (Å²) in [5.41, 5.74) is -0.395. The van der Waals surface area contributed by atoms with Crippen molar-refractivity contribution in [3.63, 3.8) is 0 Å². The van der Waals surface area contributed by atoms with Crippen LogP contribution in [0.3, 0.4) is 0 Å². The molecule has 0 aliphatic heterocycles. The summed E-state index contributed by atoms with van der Waals surface area (Å²) in [6.07, 6.45) is 3.99. The molecule has 0 aromatic heterocycles. The fourth-order valence-corrected chi connectivity index (χ4v) is 1.25. The Balaban J connectivity index is 2.10. The van der Waals surface area contributed by atoms with Crippen LogP contribution in [0.1, 0.15) is 32.6 Å². The molecule has 0 atom stereocenters. The first kappa shape index (κ1) is 9.52. The SMILES string of the molecule is CCCCNCC1(C(=O)O)CC1. The number of nitrogens with one attached hydrogen (secondary N) is 1. The average molecular weight is 171 g/mol. The molecule has 0 radical (unpaired) electrons. The Hall–Kier alpha value is -0.570. The van der Waals surface area contributed by atoms with Crippen LogP contribution in [0, 0.1) is 5.41 Å². The molecule has 3 heteroatoms. The van der Waals surface area contributed by atoms with Crippen molar-refractivity contribution in [1.82, 2.24) is 5.32 Å². The summed E-state index contributed by atoms with van der Waals surface area (Å²) in [6.45, 7) is 3.74. The molecule has 1 saturated carbocycles. The highest BCUT2D eigenvalue weighted by molar-refractivity contribution is 5.78. The molecule has 3 nitrogen and oxygen atoms in total. The number of unbranched alkanes of at least 4 members (excludes halogenated alkanes) is 1. The lowest BCUT2D eigenvalue weighted by atomic mass is 10.1. The Labute approximate surface area is 73.2 Å². The van der Waals surface area contributed by atoms with Crippen molar-refractivity contribution in [1.29, 1.82) is 0 Å². The van der Waals surface area contributed by atoms with Crippen LogP contribution in [0.5, 0.6) is 0 Å². The van der Waals surface area contributed by atoms with E-state index in [2.05, 4.69) is 12.2 Å². The molecule has 0 aromatic rings. The van der Waals surface area contributed by atoms with E-state index in [1.165, 1.54) is 0 Å². The largest absolute Gasteiger partial charge is 0.481 e. The zero-order chi connectivity index (χ0) is 9.03. The Morgan fingerprint density at radius 1 is 1.58 bits per heavy atom. The van der Waals surface area contributed by atoms with E-state index < -0.39 is 11.4 Å². The van der Waals surface area contributed by atoms with Gasteiger partial charge in [0.1, 0.15) is 0 Å². The minimum Gasteiger partial charge on any atom is -0.481 e. The summed E-state index contributed by atoms with van der Waals surface area (Å²) >= 11 is 0. The molecular formula is C9H17NO2. The van der Waals surface area contributed by atoms with Gasteiger partial charge in [-0.2, -0.15) is 0 Å². The van der Waals surface area contributed by atoms with Crippen LogP contribution in [0.2, 0.25) is 0 Å². The van der Waals surface area contributed by atoms with Gasteiger partial charge in [0.25, 0.3) is 0 Å². The maximum Gasteiger partial charge on any atom is 0.310 e. The van der Waals surface area contributed by atoms with E-state index in [4.69, 9.17) is 5.11 Å². The smallest absolute Gasteiger partial charge is 0.310 e. The molecular weight excluding hydrogens is 154 g/mol. The van der Waals surface area contributed by atoms with Crippen LogP contribution < -0.4 is 5.32 Å². The van der Waals surface area contributed by atoms with E-state index in [0.717, 1.165) is 32.2 Å². The molecule has 2 N–H and O–H groups in total. The zero-order valence-corrected chi connectivity index (χ0v) is 7.60. The zero-order valence-electron chi connectivity index (χ0n) is 7.60. The topological polar surface area (TPSA) is 49.3 Å². The van der Waals surface area contributed by atoms with Crippen molar-refractivity contribution in [3.8, 4) is 0 Å². The van der Waals surface area contributed by atoms with E-state index in [-0.39, 0.29) is 0 Å². The van der Waals surface area contributed by atoms with Crippen LogP contribution in [-0.2, 0) is 4.79 Å². The lowest BCUT2D eigenvalue weighted by molar-refractivity contribution is -0.143. The van der Waals surface area contributed by atoms with Crippen molar-refractivity contribution in [2.24, 2.45) is 5.41 Å². The van der Waals surface area contributed by atoms with Gasteiger partial charge in [-0.15, -0.1) is 0 Å². The van der Waals surface area contributed by atoms with Gasteiger partial charge in [0.15, 0.2) is 0 Å². The van der Waals surface area contributed by atoms with Crippen LogP contribution >= 0.6 is 0 Å². The first-order chi connectivity index (χ1) is 5.71. The summed E-state index contributed by atoms with van der Waals surface area (Å²) in [7, 11) is 0. The van der Waals surface area contributed by atoms with Gasteiger partial charge in [-0.25, -0.2) is 0 Å². The first-order valence-corrected chi connectivity index (χ1v) is 4.65. The molecule has 12 heavy (non-hydrogen) atoms. The van der Waals surface area contributed by atoms with Crippen molar-refractivity contribution in [2.75, 3.05) is 13.1 Å². The molecule has 0 amide bonds. The third kappa shape index (κ3) is 2.21. The van der Waals surface area contributed by atoms with E-state index >= 15 is 0 Å². The fourth-order valence-electron chi connectivity index (χ4n) is 1.25. The highest BCUT2D eigenvalue weighted by Gasteiger charge is 2.49. The number of carboxylic acids is 1. The van der Waals surface area contributed by atoms with Gasteiger partial charge >= 0.3 is 5.97 Å². The second-order valence-electron chi connectivity index (χ2n) is 3.62. The van der Waals surface area contributed by atoms with Gasteiger partial charge in [0.05, 0.1) is 5.41 Å². The number of aliphatic carboxylic acids is 1. The predicted molar refractivity (Wildman–Crippen MR) is 47.1 cm³/mol. The van der Waals surface area contributed by atoms with Crippen LogP contribution in [-0.4, -0.2) is 24.2 Å². The van der Waals surface area contributed by atoms with Crippen molar-refractivity contribution >= 4 is 5.97 Å². The molecule has 0 aromatic carbocycles. The fraction of sp³-hybridized carbons (Fsp3) is 0.889. The third-order valence-electron chi connectivity index (χ3n) is 2.48. The van der Waals surface area contributed by atoms with Crippen molar-refractivity contribution in [2.45, 2.75) is 32.6 Å². The van der Waals surface area contributed by atoms with E-state index in [0.29, 0.717) is 6.54 Å². The Morgan fingerprint density at radius 2 is 2.25 bits per heavy atom. The van der Waals surface area contributed by atoms with Crippen molar-refractivity contribution in [3.05, 3.63) is 0 Å². The summed E-state index contributed by atoms with van der Waals surface area (Å²) in [5, 5.41) is 12.0. The average Bonchev–Trinajstić information content (AvgIpc) is 2.79. The standard InChI is InChI=1S/C9H17NO2/c1-2-3-6-10-7-9(4-5-9)8(11)12/h10H,2-7H2,1H3,(H,11,12). The highest BCUT2D eigenvalue weighted by Crippen LogP contribution is 2.45. The second kappa shape index (κ2) is 3.90. The first-order valence-electron chi connectivity index (χ1n) is 4.65. The molecule has 0 heterocycles. The lowest BCUT2D eigenvalue weighted by Gasteiger charge is -2.09. The lowest BCUT2D eigenvalue weighted by Crippen LogP contribution is -2.30. The van der Waals surface area contributed by atoms with Gasteiger partial charge < -0.3 is 10.4 Å². The minimum absolute atomic E-state index is 0.395. The molecule has 1 rings (SSSR count). The molecule has 1 aliphatic carbocycles. The number of hydrogen-bond donors (Lipinski definition) is 2. The van der Waals surface area contributed by atoms with Gasteiger partial charge in [0, 0.05) is 6.54 Å². The van der Waals surface area contributed by atoms with E-state index in [1.54, 1.807) is 0 Å². The maximum absolute atomic E-state index is 10.7. The second-order valence-corrected chi connectivity index (χ2v) is 3.62. The summed E-state index contributed by atoms with van der Waals surface area (Å²) in [6, 6.07) is 0. The van der Waals surface area contributed by atoms with Crippen LogP contribution in [0.15, 0.2) is 0 Å². The summed E-state index contributed by atoms with van der Waals surface area (Å²) < 4.78 is 0. The number of carboxylic acid groups (broad SMARTS) is 1. The molecule has 0 spiro atoms. The molecule has 1 fully saturated rings. The van der Waals surface area contributed by atoms with Gasteiger partial charge in [-0.1, -0.05) is 13.3 Å². The maximum atomic E-state index is 10.7. The predicted octanol–water partition coefficient (Wildman–Crippen LogP) is 1.24. The van der Waals surface area contributed by atoms with Crippen LogP contribution in [0.4, 0.5) is 0 Å². The Kier molecular flexibility index (Phi) is 3.09. The summed E-state index contributed by atoms with van der Waals surface area (Å²) in [4.78, 5) is 10.7. The number of hydrogen-bond acceptors (Lipinski definition) is 2. The minimum atomic E-state index is -0.633. The Bertz CT molecular complexity index is 164. The number of rotatable bonds is 6. The summed E-state index contributed by atoms with van der Waals surface area (Å²) in [5.74, 6) is -0.633. The molecule has 0 unspecified atom stereocenters. The quantitative estimate of drug-likeness (QED) is 0.591. The normalized spacial score (nSPS) is 19.1. The molecule has 70 valence electrons. The highest BCUT2D eigenvalue weighted by atomic mass is 16.4. The van der Waals surface area contributed by atoms with E-state index in [1.807, 2.05) is 0 Å². The third-order valence-corrected chi connectivity index (χ3v) is 2.48.